The topological polar surface area (TPSA) is 69.4 Å². The van der Waals surface area contributed by atoms with E-state index in [2.05, 4.69) is 0 Å². The third-order valence-corrected chi connectivity index (χ3v) is 3.30. The molecule has 0 aliphatic heterocycles. The molecule has 1 fully saturated rings. The third kappa shape index (κ3) is 2.91. The highest BCUT2D eigenvalue weighted by Crippen LogP contribution is 2.34. The van der Waals surface area contributed by atoms with Gasteiger partial charge >= 0.3 is 5.97 Å². The number of hydrogen-bond acceptors (Lipinski definition) is 4. The van der Waals surface area contributed by atoms with Crippen LogP contribution < -0.4 is 0 Å². The first-order valence-corrected chi connectivity index (χ1v) is 5.98. The Balaban J connectivity index is 1.89. The Labute approximate surface area is 113 Å². The number of rotatable bonds is 4. The molecular formula is C11H9Cl2NO4. The molecular weight excluding hydrogens is 281 g/mol. The fourth-order valence-corrected chi connectivity index (χ4v) is 2.03. The van der Waals surface area contributed by atoms with Gasteiger partial charge in [0.05, 0.1) is 0 Å². The zero-order valence-corrected chi connectivity index (χ0v) is 10.6. The molecule has 1 aliphatic carbocycles. The minimum absolute atomic E-state index is 0.00420. The fourth-order valence-electron chi connectivity index (χ4n) is 1.56. The SMILES string of the molecule is O=C(OCc1ccc(Cl)cc1Cl)C1CC1[N+](=O)[O-]. The molecule has 0 radical (unpaired) electrons. The van der Waals surface area contributed by atoms with Gasteiger partial charge in [-0.2, -0.15) is 0 Å². The number of carbonyl (C=O) groups is 1. The van der Waals surface area contributed by atoms with Crippen molar-refractivity contribution < 1.29 is 14.5 Å². The molecule has 0 N–H and O–H groups in total. The second-order valence-electron chi connectivity index (χ2n) is 4.04. The smallest absolute Gasteiger partial charge is 0.316 e. The molecule has 1 saturated carbocycles. The van der Waals surface area contributed by atoms with E-state index < -0.39 is 22.9 Å². The molecule has 7 heteroatoms. The lowest BCUT2D eigenvalue weighted by Crippen LogP contribution is -2.13. The lowest BCUT2D eigenvalue weighted by molar-refractivity contribution is -0.497. The summed E-state index contributed by atoms with van der Waals surface area (Å²) < 4.78 is 4.98. The molecule has 0 spiro atoms. The number of hydrogen-bond donors (Lipinski definition) is 0. The zero-order chi connectivity index (χ0) is 13.3. The summed E-state index contributed by atoms with van der Waals surface area (Å²) in [5.41, 5.74) is 0.618. The zero-order valence-electron chi connectivity index (χ0n) is 9.14. The monoisotopic (exact) mass is 289 g/mol. The van der Waals surface area contributed by atoms with E-state index in [4.69, 9.17) is 27.9 Å². The van der Waals surface area contributed by atoms with Crippen molar-refractivity contribution in [1.82, 2.24) is 0 Å². The summed E-state index contributed by atoms with van der Waals surface area (Å²) in [6, 6.07) is 4.03. The lowest BCUT2D eigenvalue weighted by Gasteiger charge is -2.05. The molecule has 1 aliphatic rings. The van der Waals surface area contributed by atoms with Crippen LogP contribution in [0, 0.1) is 16.0 Å². The van der Waals surface area contributed by atoms with Gasteiger partial charge in [-0.3, -0.25) is 14.9 Å². The molecule has 0 amide bonds. The third-order valence-electron chi connectivity index (χ3n) is 2.72. The summed E-state index contributed by atoms with van der Waals surface area (Å²) in [7, 11) is 0. The molecule has 0 saturated heterocycles. The summed E-state index contributed by atoms with van der Waals surface area (Å²) in [6.07, 6.45) is 0.250. The number of benzene rings is 1. The van der Waals surface area contributed by atoms with Gasteiger partial charge in [0.2, 0.25) is 6.04 Å². The molecule has 2 unspecified atom stereocenters. The molecule has 18 heavy (non-hydrogen) atoms. The second kappa shape index (κ2) is 5.12. The average Bonchev–Trinajstić information content (AvgIpc) is 3.07. The van der Waals surface area contributed by atoms with Gasteiger partial charge in [0, 0.05) is 27.0 Å². The van der Waals surface area contributed by atoms with Gasteiger partial charge in [-0.25, -0.2) is 0 Å². The van der Waals surface area contributed by atoms with Crippen molar-refractivity contribution in [2.75, 3.05) is 0 Å². The van der Waals surface area contributed by atoms with Crippen LogP contribution in [0.25, 0.3) is 0 Å². The molecule has 96 valence electrons. The first-order valence-electron chi connectivity index (χ1n) is 5.23. The molecule has 1 aromatic rings. The van der Waals surface area contributed by atoms with E-state index in [0.29, 0.717) is 15.6 Å². The Hall–Kier alpha value is -1.33. The van der Waals surface area contributed by atoms with Gasteiger partial charge in [-0.05, 0) is 12.1 Å². The van der Waals surface area contributed by atoms with Crippen molar-refractivity contribution in [2.45, 2.75) is 19.1 Å². The maximum absolute atomic E-state index is 11.5. The van der Waals surface area contributed by atoms with Crippen molar-refractivity contribution in [1.29, 1.82) is 0 Å². The molecule has 5 nitrogen and oxygen atoms in total. The molecule has 0 bridgehead atoms. The summed E-state index contributed by atoms with van der Waals surface area (Å²) in [5, 5.41) is 11.3. The first-order chi connectivity index (χ1) is 8.49. The Kier molecular flexibility index (Phi) is 3.73. The van der Waals surface area contributed by atoms with Crippen LogP contribution in [0.2, 0.25) is 10.0 Å². The maximum Gasteiger partial charge on any atom is 0.316 e. The van der Waals surface area contributed by atoms with Crippen molar-refractivity contribution >= 4 is 29.2 Å². The number of esters is 1. The first kappa shape index (κ1) is 13.1. The van der Waals surface area contributed by atoms with Crippen molar-refractivity contribution in [3.8, 4) is 0 Å². The highest BCUT2D eigenvalue weighted by molar-refractivity contribution is 6.35. The predicted molar refractivity (Wildman–Crippen MR) is 65.1 cm³/mol. The Bertz CT molecular complexity index is 506. The lowest BCUT2D eigenvalue weighted by atomic mass is 10.2. The van der Waals surface area contributed by atoms with Gasteiger partial charge in [-0.15, -0.1) is 0 Å². The van der Waals surface area contributed by atoms with Crippen LogP contribution in [-0.2, 0) is 16.1 Å². The van der Waals surface area contributed by atoms with E-state index in [9.17, 15) is 14.9 Å². The average molecular weight is 290 g/mol. The number of nitrogens with zero attached hydrogens (tertiary/aromatic N) is 1. The van der Waals surface area contributed by atoms with Gasteiger partial charge in [-0.1, -0.05) is 29.3 Å². The number of nitro groups is 1. The fraction of sp³-hybridized carbons (Fsp3) is 0.364. The molecule has 0 heterocycles. The van der Waals surface area contributed by atoms with Crippen LogP contribution in [-0.4, -0.2) is 16.9 Å². The molecule has 1 aromatic carbocycles. The Morgan fingerprint density at radius 1 is 1.50 bits per heavy atom. The van der Waals surface area contributed by atoms with Crippen molar-refractivity contribution in [3.63, 3.8) is 0 Å². The quantitative estimate of drug-likeness (QED) is 0.485. The predicted octanol–water partition coefficient (Wildman–Crippen LogP) is 2.70. The van der Waals surface area contributed by atoms with E-state index in [0.717, 1.165) is 0 Å². The van der Waals surface area contributed by atoms with Crippen LogP contribution >= 0.6 is 23.2 Å². The van der Waals surface area contributed by atoms with Crippen molar-refractivity contribution in [3.05, 3.63) is 43.9 Å². The molecule has 2 atom stereocenters. The van der Waals surface area contributed by atoms with E-state index in [1.807, 2.05) is 0 Å². The minimum Gasteiger partial charge on any atom is -0.460 e. The Morgan fingerprint density at radius 2 is 2.22 bits per heavy atom. The van der Waals surface area contributed by atoms with Crippen molar-refractivity contribution in [2.24, 2.45) is 5.92 Å². The van der Waals surface area contributed by atoms with E-state index in [-0.39, 0.29) is 13.0 Å². The summed E-state index contributed by atoms with van der Waals surface area (Å²) >= 11 is 11.6. The largest absolute Gasteiger partial charge is 0.460 e. The molecule has 0 aromatic heterocycles. The van der Waals surface area contributed by atoms with Crippen LogP contribution in [0.4, 0.5) is 0 Å². The normalized spacial score (nSPS) is 21.4. The van der Waals surface area contributed by atoms with Crippen LogP contribution in [0.3, 0.4) is 0 Å². The van der Waals surface area contributed by atoms with Crippen LogP contribution in [0.15, 0.2) is 18.2 Å². The highest BCUT2D eigenvalue weighted by Gasteiger charge is 2.54. The van der Waals surface area contributed by atoms with Crippen LogP contribution in [0.1, 0.15) is 12.0 Å². The number of halogens is 2. The Morgan fingerprint density at radius 3 is 2.78 bits per heavy atom. The standard InChI is InChI=1S/C11H9Cl2NO4/c12-7-2-1-6(9(13)3-7)5-18-11(15)8-4-10(8)14(16)17/h1-3,8,10H,4-5H2. The van der Waals surface area contributed by atoms with Gasteiger partial charge < -0.3 is 4.74 Å². The highest BCUT2D eigenvalue weighted by atomic mass is 35.5. The summed E-state index contributed by atoms with van der Waals surface area (Å²) in [5.74, 6) is -1.17. The molecule has 2 rings (SSSR count). The van der Waals surface area contributed by atoms with E-state index >= 15 is 0 Å². The van der Waals surface area contributed by atoms with Gasteiger partial charge in [0.25, 0.3) is 0 Å². The second-order valence-corrected chi connectivity index (χ2v) is 4.88. The maximum atomic E-state index is 11.5. The number of carbonyl (C=O) groups excluding carboxylic acids is 1. The van der Waals surface area contributed by atoms with Gasteiger partial charge in [0.15, 0.2) is 0 Å². The van der Waals surface area contributed by atoms with E-state index in [1.165, 1.54) is 0 Å². The summed E-state index contributed by atoms with van der Waals surface area (Å²) in [4.78, 5) is 21.4. The van der Waals surface area contributed by atoms with Crippen LogP contribution in [0.5, 0.6) is 0 Å². The minimum atomic E-state index is -0.793. The van der Waals surface area contributed by atoms with E-state index in [1.54, 1.807) is 18.2 Å². The summed E-state index contributed by atoms with van der Waals surface area (Å²) in [6.45, 7) is -0.00420. The number of ether oxygens (including phenoxy) is 1. The van der Waals surface area contributed by atoms with Gasteiger partial charge in [0.1, 0.15) is 12.5 Å².